The van der Waals surface area contributed by atoms with E-state index < -0.39 is 0 Å². The summed E-state index contributed by atoms with van der Waals surface area (Å²) < 4.78 is 18.6. The number of halogens is 1. The number of hydrogen-bond acceptors (Lipinski definition) is 5. The molecule has 1 aromatic heterocycles. The molecular weight excluding hydrogens is 269 g/mol. The van der Waals surface area contributed by atoms with Gasteiger partial charge in [-0.05, 0) is 36.6 Å². The monoisotopic (exact) mass is 283 g/mol. The Labute approximate surface area is 114 Å². The molecule has 0 radical (unpaired) electrons. The minimum Gasteiger partial charge on any atom is -0.310 e. The summed E-state index contributed by atoms with van der Waals surface area (Å²) >= 11 is 2.61. The standard InChI is InChI=1S/C12H14FN3S2/c1-3-14-8(2)9-5-4-6-10(13)11(9)17-12-15-7-16-18-12/h4-8,14H,3H2,1-2H3. The van der Waals surface area contributed by atoms with Crippen LogP contribution >= 0.6 is 23.3 Å². The third-order valence-electron chi connectivity index (χ3n) is 2.50. The first-order valence-electron chi connectivity index (χ1n) is 5.68. The third kappa shape index (κ3) is 3.07. The molecule has 0 bridgehead atoms. The molecule has 1 aromatic carbocycles. The molecule has 2 aromatic rings. The lowest BCUT2D eigenvalue weighted by atomic mass is 10.1. The highest BCUT2D eigenvalue weighted by Crippen LogP contribution is 2.35. The molecule has 1 N–H and O–H groups in total. The van der Waals surface area contributed by atoms with Crippen LogP contribution in [0, 0.1) is 5.82 Å². The maximum absolute atomic E-state index is 14.0. The molecule has 18 heavy (non-hydrogen) atoms. The summed E-state index contributed by atoms with van der Waals surface area (Å²) in [6, 6.07) is 5.27. The third-order valence-corrected chi connectivity index (χ3v) is 4.35. The summed E-state index contributed by atoms with van der Waals surface area (Å²) in [6.45, 7) is 4.91. The lowest BCUT2D eigenvalue weighted by molar-refractivity contribution is 0.558. The second-order valence-corrected chi connectivity index (χ2v) is 5.78. The van der Waals surface area contributed by atoms with Gasteiger partial charge in [-0.3, -0.25) is 0 Å². The van der Waals surface area contributed by atoms with Gasteiger partial charge in [-0.15, -0.1) is 0 Å². The summed E-state index contributed by atoms with van der Waals surface area (Å²) in [4.78, 5) is 4.71. The summed E-state index contributed by atoms with van der Waals surface area (Å²) in [7, 11) is 0. The molecule has 1 atom stereocenters. The quantitative estimate of drug-likeness (QED) is 0.911. The highest BCUT2D eigenvalue weighted by molar-refractivity contribution is 8.01. The zero-order valence-corrected chi connectivity index (χ0v) is 11.8. The van der Waals surface area contributed by atoms with Crippen molar-refractivity contribution in [3.8, 4) is 0 Å². The first kappa shape index (κ1) is 13.5. The van der Waals surface area contributed by atoms with Gasteiger partial charge in [0.25, 0.3) is 0 Å². The van der Waals surface area contributed by atoms with Crippen molar-refractivity contribution in [2.45, 2.75) is 29.1 Å². The molecule has 0 aliphatic heterocycles. The van der Waals surface area contributed by atoms with Crippen LogP contribution in [0.2, 0.25) is 0 Å². The Morgan fingerprint density at radius 3 is 3.00 bits per heavy atom. The Kier molecular flexibility index (Phi) is 4.68. The zero-order chi connectivity index (χ0) is 13.0. The molecule has 96 valence electrons. The first-order valence-corrected chi connectivity index (χ1v) is 7.27. The average Bonchev–Trinajstić information content (AvgIpc) is 2.85. The van der Waals surface area contributed by atoms with Crippen LogP contribution in [0.4, 0.5) is 4.39 Å². The molecular formula is C12H14FN3S2. The fraction of sp³-hybridized carbons (Fsp3) is 0.333. The molecule has 0 saturated heterocycles. The topological polar surface area (TPSA) is 37.8 Å². The predicted molar refractivity (Wildman–Crippen MR) is 72.5 cm³/mol. The van der Waals surface area contributed by atoms with Gasteiger partial charge in [0.15, 0.2) is 4.34 Å². The minimum absolute atomic E-state index is 0.112. The summed E-state index contributed by atoms with van der Waals surface area (Å²) in [5, 5.41) is 3.30. The first-order chi connectivity index (χ1) is 8.72. The van der Waals surface area contributed by atoms with Gasteiger partial charge in [0, 0.05) is 6.04 Å². The van der Waals surface area contributed by atoms with Crippen LogP contribution in [0.3, 0.4) is 0 Å². The zero-order valence-electron chi connectivity index (χ0n) is 10.2. The molecule has 1 unspecified atom stereocenters. The number of nitrogens with zero attached hydrogens (tertiary/aromatic N) is 2. The summed E-state index contributed by atoms with van der Waals surface area (Å²) in [5.74, 6) is -0.211. The maximum atomic E-state index is 14.0. The normalized spacial score (nSPS) is 12.6. The molecule has 0 spiro atoms. The van der Waals surface area contributed by atoms with Crippen LogP contribution in [-0.4, -0.2) is 15.9 Å². The van der Waals surface area contributed by atoms with Crippen molar-refractivity contribution in [2.75, 3.05) is 6.54 Å². The van der Waals surface area contributed by atoms with E-state index in [1.54, 1.807) is 6.07 Å². The van der Waals surface area contributed by atoms with Gasteiger partial charge in [-0.25, -0.2) is 9.37 Å². The molecule has 0 aliphatic carbocycles. The van der Waals surface area contributed by atoms with Crippen molar-refractivity contribution in [3.63, 3.8) is 0 Å². The SMILES string of the molecule is CCNC(C)c1cccc(F)c1Sc1ncns1. The van der Waals surface area contributed by atoms with Gasteiger partial charge in [0.1, 0.15) is 12.1 Å². The number of rotatable bonds is 5. The Bertz CT molecular complexity index is 502. The van der Waals surface area contributed by atoms with Crippen molar-refractivity contribution < 1.29 is 4.39 Å². The van der Waals surface area contributed by atoms with E-state index in [-0.39, 0.29) is 11.9 Å². The molecule has 0 saturated carbocycles. The van der Waals surface area contributed by atoms with Gasteiger partial charge in [-0.2, -0.15) is 4.37 Å². The van der Waals surface area contributed by atoms with E-state index in [1.165, 1.54) is 35.7 Å². The number of hydrogen-bond donors (Lipinski definition) is 1. The van der Waals surface area contributed by atoms with Gasteiger partial charge in [0.05, 0.1) is 4.90 Å². The van der Waals surface area contributed by atoms with Crippen LogP contribution in [-0.2, 0) is 0 Å². The smallest absolute Gasteiger partial charge is 0.174 e. The van der Waals surface area contributed by atoms with E-state index >= 15 is 0 Å². The van der Waals surface area contributed by atoms with Crippen LogP contribution in [0.15, 0.2) is 33.8 Å². The Morgan fingerprint density at radius 1 is 1.50 bits per heavy atom. The van der Waals surface area contributed by atoms with Crippen molar-refractivity contribution in [2.24, 2.45) is 0 Å². The Balaban J connectivity index is 2.32. The van der Waals surface area contributed by atoms with E-state index in [1.807, 2.05) is 19.9 Å². The van der Waals surface area contributed by atoms with Gasteiger partial charge in [0.2, 0.25) is 0 Å². The van der Waals surface area contributed by atoms with Crippen LogP contribution in [0.5, 0.6) is 0 Å². The second kappa shape index (κ2) is 6.26. The highest BCUT2D eigenvalue weighted by Gasteiger charge is 2.15. The van der Waals surface area contributed by atoms with Gasteiger partial charge < -0.3 is 5.32 Å². The van der Waals surface area contributed by atoms with Crippen molar-refractivity contribution >= 4 is 23.3 Å². The van der Waals surface area contributed by atoms with E-state index in [0.29, 0.717) is 4.90 Å². The van der Waals surface area contributed by atoms with E-state index in [2.05, 4.69) is 14.7 Å². The molecule has 1 heterocycles. The van der Waals surface area contributed by atoms with E-state index in [0.717, 1.165) is 16.4 Å². The van der Waals surface area contributed by atoms with Crippen LogP contribution in [0.25, 0.3) is 0 Å². The minimum atomic E-state index is -0.211. The molecule has 0 fully saturated rings. The van der Waals surface area contributed by atoms with Crippen molar-refractivity contribution in [3.05, 3.63) is 35.9 Å². The van der Waals surface area contributed by atoms with Crippen LogP contribution < -0.4 is 5.32 Å². The largest absolute Gasteiger partial charge is 0.310 e. The van der Waals surface area contributed by atoms with Gasteiger partial charge in [-0.1, -0.05) is 30.8 Å². The highest BCUT2D eigenvalue weighted by atomic mass is 32.2. The number of nitrogens with one attached hydrogen (secondary N) is 1. The fourth-order valence-electron chi connectivity index (χ4n) is 1.69. The summed E-state index contributed by atoms with van der Waals surface area (Å²) in [6.07, 6.45) is 1.49. The second-order valence-electron chi connectivity index (χ2n) is 3.75. The molecule has 0 aliphatic rings. The lowest BCUT2D eigenvalue weighted by Gasteiger charge is -2.16. The predicted octanol–water partition coefficient (Wildman–Crippen LogP) is 3.50. The lowest BCUT2D eigenvalue weighted by Crippen LogP contribution is -2.18. The molecule has 6 heteroatoms. The molecule has 3 nitrogen and oxygen atoms in total. The number of benzene rings is 1. The summed E-state index contributed by atoms with van der Waals surface area (Å²) in [5.41, 5.74) is 0.956. The maximum Gasteiger partial charge on any atom is 0.174 e. The average molecular weight is 283 g/mol. The fourth-order valence-corrected chi connectivity index (χ4v) is 3.30. The van der Waals surface area contributed by atoms with E-state index in [4.69, 9.17) is 0 Å². The van der Waals surface area contributed by atoms with Gasteiger partial charge >= 0.3 is 0 Å². The van der Waals surface area contributed by atoms with Crippen molar-refractivity contribution in [1.82, 2.24) is 14.7 Å². The number of aromatic nitrogens is 2. The molecule has 0 amide bonds. The molecule has 2 rings (SSSR count). The van der Waals surface area contributed by atoms with Crippen LogP contribution in [0.1, 0.15) is 25.5 Å². The Morgan fingerprint density at radius 2 is 2.33 bits per heavy atom. The Hall–Kier alpha value is -0.980. The van der Waals surface area contributed by atoms with E-state index in [9.17, 15) is 4.39 Å². The van der Waals surface area contributed by atoms with Crippen molar-refractivity contribution in [1.29, 1.82) is 0 Å².